The number of aliphatic hydroxyl groups excluding tert-OH is 6. The number of carbonyl (C=O) groups excluding carboxylic acids is 9. The zero-order valence-electron chi connectivity index (χ0n) is 72.8. The van der Waals surface area contributed by atoms with Gasteiger partial charge in [-0.25, -0.2) is 17.9 Å². The Balaban J connectivity index is 0.964. The van der Waals surface area contributed by atoms with Crippen LogP contribution in [0.2, 0.25) is 10.0 Å². The third-order valence-corrected chi connectivity index (χ3v) is 26.8. The summed E-state index contributed by atoms with van der Waals surface area (Å²) in [5.74, 6) is -12.9. The first-order valence-electron chi connectivity index (χ1n) is 43.3. The molecule has 2 saturated heterocycles. The van der Waals surface area contributed by atoms with Crippen LogP contribution >= 0.6 is 23.2 Å². The molecule has 0 unspecified atom stereocenters. The van der Waals surface area contributed by atoms with E-state index < -0.39 is 255 Å². The molecule has 4 saturated carbocycles. The molecule has 7 aliphatic heterocycles. The Morgan fingerprint density at radius 3 is 1.91 bits per heavy atom. The van der Waals surface area contributed by atoms with Crippen molar-refractivity contribution in [3.05, 3.63) is 146 Å². The molecule has 11 aliphatic rings. The number of imide groups is 1. The van der Waals surface area contributed by atoms with Crippen LogP contribution in [-0.4, -0.2) is 233 Å². The Labute approximate surface area is 768 Å². The van der Waals surface area contributed by atoms with Gasteiger partial charge in [0.25, 0.3) is 0 Å². The number of benzene rings is 6. The van der Waals surface area contributed by atoms with Gasteiger partial charge in [0.1, 0.15) is 119 Å². The van der Waals surface area contributed by atoms with Gasteiger partial charge in [0.15, 0.2) is 12.6 Å². The number of fused-ring (bicyclic) bond motifs is 15. The first-order chi connectivity index (χ1) is 62.6. The standard InChI is InChI=1S/C89H109Cl2N13O27S/c1-37(2)20-55(93-5)80(115)103-71-73(109)42-9-16-59(53(90)27-42)128-61-29-46-30-62(52(61)36-126-87-78(77(113)76(112)63(35-105)130-87)131-65-33-89(4,92)79(114)38(3)127-65)129-60-17-10-43(28-54(60)91)74(110)72-86(121)102-70(84(119)99-67-44-22-39-21-40(24-44)25-45(67)23-39)50-31-58(107)51(34-94-18-19-95-132(7,123)124)75(111)66(50)49-26-41(8-15-57(49)106)68(82(117)104-72)101-83(118)69(46)100-81(116)56(97-85(71)120)32-64(108)98-88(122)96-47-11-13-48(125-6)14-12-47/h8-17,26-31,37-40,44-45,55-56,63,65,67-74,76-79,87,93-95,105-107,109-114H,18-25,32-36,92H2,1-7H3,(H,97,120)(H,99,119)(H,100,116)(H,101,118)(H,102,121)(H,103,115)(H,104,117)(H2,96,98,108,122)/t38-,39?,40?,44?,45?,55+,56-,63+,65-,67?,68+,69+,70-,71+,72-,73+,74+,76+,77-,78+,79+,87+,89-/m0/s1. The zero-order valence-corrected chi connectivity index (χ0v) is 75.2. The Bertz CT molecular complexity index is 5480. The number of nitrogens with two attached hydrogens (primary N) is 1. The lowest BCUT2D eigenvalue weighted by Crippen LogP contribution is -2.64. The molecule has 17 rings (SSSR count). The zero-order chi connectivity index (χ0) is 95.0. The van der Waals surface area contributed by atoms with Crippen molar-refractivity contribution >= 4 is 92.2 Å². The van der Waals surface area contributed by atoms with E-state index in [0.29, 0.717) is 17.6 Å². The number of amides is 10. The molecule has 43 heteroatoms. The highest BCUT2D eigenvalue weighted by Crippen LogP contribution is 2.55. The number of urea groups is 1. The molecule has 7 heterocycles. The molecule has 23 N–H and O–H groups in total. The largest absolute Gasteiger partial charge is 0.507 e. The summed E-state index contributed by atoms with van der Waals surface area (Å²) < 4.78 is 70.6. The monoisotopic (exact) mass is 1890 g/mol. The third-order valence-electron chi connectivity index (χ3n) is 25.5. The summed E-state index contributed by atoms with van der Waals surface area (Å²) >= 11 is 14.6. The number of sulfonamides is 1. The number of hydrogen-bond donors (Lipinski definition) is 22. The SMILES string of the molecule is CN[C@H](CC(C)C)C(=O)N[C@H]1C(=O)N[C@@H](CC(=O)NC(=O)Nc2ccc(OC)cc2)C(=O)N[C@H]2C(=O)N[C@H]3C(=O)N[C@H](C(=O)N[C@H](C(=O)NC4C5CC6CC(C5)CC4C6)c4cc(O)c(CNCCNS(C)(=O)=O)c(O)c4-c4cc3ccc4O)[C@H](O)c3ccc(c(Cl)c3)Oc3cc2cc(c3CO[C@@H]2O[C@H](CO)[C@@H](O)[C@H](O)[C@H]2O[C@H]2C[C@](C)(N)[C@H](O)[C@H](C)O2)Oc2ccc(cc2Cl)[C@H]1O. The molecule has 132 heavy (non-hydrogen) atoms. The van der Waals surface area contributed by atoms with Gasteiger partial charge in [-0.1, -0.05) is 55.2 Å². The summed E-state index contributed by atoms with van der Waals surface area (Å²) in [6.45, 7) is 4.11. The van der Waals surface area contributed by atoms with Crippen LogP contribution < -0.4 is 83.2 Å². The van der Waals surface area contributed by atoms with E-state index in [1.807, 2.05) is 13.8 Å². The van der Waals surface area contributed by atoms with E-state index >= 15 is 28.8 Å². The third kappa shape index (κ3) is 21.7. The highest BCUT2D eigenvalue weighted by Gasteiger charge is 2.53. The Morgan fingerprint density at radius 1 is 0.682 bits per heavy atom. The van der Waals surface area contributed by atoms with Gasteiger partial charge in [-0.05, 0) is 196 Å². The topological polar surface area (TPSA) is 605 Å². The molecule has 15 bridgehead atoms. The molecule has 6 aromatic rings. The Kier molecular flexibility index (Phi) is 30.0. The van der Waals surface area contributed by atoms with Gasteiger partial charge in [0.05, 0.1) is 72.4 Å². The molecule has 4 aliphatic carbocycles. The predicted molar refractivity (Wildman–Crippen MR) is 470 cm³/mol. The minimum atomic E-state index is -3.72. The molecule has 6 fully saturated rings. The van der Waals surface area contributed by atoms with Gasteiger partial charge in [-0.2, -0.15) is 0 Å². The quantitative estimate of drug-likeness (QED) is 0.0410. The lowest BCUT2D eigenvalue weighted by Gasteiger charge is -2.54. The lowest BCUT2D eigenvalue weighted by molar-refractivity contribution is -0.349. The lowest BCUT2D eigenvalue weighted by atomic mass is 9.54. The van der Waals surface area contributed by atoms with Crippen molar-refractivity contribution in [2.45, 2.75) is 207 Å². The number of methoxy groups -OCH3 is 1. The van der Waals surface area contributed by atoms with Gasteiger partial charge in [-0.3, -0.25) is 43.7 Å². The van der Waals surface area contributed by atoms with E-state index in [0.717, 1.165) is 86.9 Å². The maximum absolute atomic E-state index is 16.8. The van der Waals surface area contributed by atoms with Gasteiger partial charge in [0.2, 0.25) is 57.3 Å². The van der Waals surface area contributed by atoms with Crippen molar-refractivity contribution in [1.29, 1.82) is 0 Å². The van der Waals surface area contributed by atoms with Crippen LogP contribution in [0.1, 0.15) is 148 Å². The number of carbonyl (C=O) groups is 9. The average molecular weight is 1900 g/mol. The second-order valence-corrected chi connectivity index (χ2v) is 38.2. The molecule has 18 atom stereocenters. The number of aromatic hydroxyl groups is 3. The highest BCUT2D eigenvalue weighted by molar-refractivity contribution is 7.88. The van der Waals surface area contributed by atoms with Crippen LogP contribution in [0.15, 0.2) is 97.1 Å². The van der Waals surface area contributed by atoms with Crippen LogP contribution in [0.4, 0.5) is 10.5 Å². The van der Waals surface area contributed by atoms with Gasteiger partial charge >= 0.3 is 6.03 Å². The number of phenolic OH excluding ortho intramolecular Hbond substituents is 3. The normalized spacial score (nSPS) is 29.5. The summed E-state index contributed by atoms with van der Waals surface area (Å²) in [6.07, 6.45) is -13.2. The highest BCUT2D eigenvalue weighted by atomic mass is 35.5. The van der Waals surface area contributed by atoms with E-state index in [2.05, 4.69) is 63.2 Å². The van der Waals surface area contributed by atoms with Crippen molar-refractivity contribution < 1.29 is 131 Å². The summed E-state index contributed by atoms with van der Waals surface area (Å²) in [6, 6.07) is 3.40. The number of phenols is 3. The molecule has 6 aromatic carbocycles. The molecule has 10 amide bonds. The number of aliphatic hydroxyl groups is 6. The molecule has 0 spiro atoms. The minimum absolute atomic E-state index is 0.000855. The van der Waals surface area contributed by atoms with Crippen LogP contribution in [0, 0.1) is 29.6 Å². The Morgan fingerprint density at radius 2 is 1.30 bits per heavy atom. The molecule has 40 nitrogen and oxygen atoms in total. The van der Waals surface area contributed by atoms with Crippen LogP contribution in [0.25, 0.3) is 11.1 Å². The van der Waals surface area contributed by atoms with Crippen molar-refractivity contribution in [2.24, 2.45) is 35.3 Å². The predicted octanol–water partition coefficient (Wildman–Crippen LogP) is 2.61. The Hall–Kier alpha value is -10.7. The summed E-state index contributed by atoms with van der Waals surface area (Å²) in [4.78, 5) is 140. The number of anilines is 1. The maximum Gasteiger partial charge on any atom is 0.325 e. The first-order valence-corrected chi connectivity index (χ1v) is 45.9. The van der Waals surface area contributed by atoms with E-state index in [-0.39, 0.29) is 99.3 Å². The molecule has 0 aromatic heterocycles. The van der Waals surface area contributed by atoms with E-state index in [1.165, 1.54) is 76.5 Å². The van der Waals surface area contributed by atoms with Crippen LogP contribution in [0.5, 0.6) is 46.0 Å². The number of likely N-dealkylation sites (N-methyl/N-ethyl adjacent to an activating group) is 1. The van der Waals surface area contributed by atoms with Crippen molar-refractivity contribution in [3.8, 4) is 57.1 Å². The number of rotatable bonds is 23. The van der Waals surface area contributed by atoms with Crippen molar-refractivity contribution in [1.82, 2.24) is 57.9 Å². The van der Waals surface area contributed by atoms with Crippen LogP contribution in [0.3, 0.4) is 0 Å². The van der Waals surface area contributed by atoms with E-state index in [9.17, 15) is 68.8 Å². The van der Waals surface area contributed by atoms with Gasteiger partial charge in [-0.15, -0.1) is 0 Å². The summed E-state index contributed by atoms with van der Waals surface area (Å²) in [5.41, 5.74) is 2.21. The number of ether oxygens (including phenoxy) is 7. The van der Waals surface area contributed by atoms with Crippen LogP contribution in [-0.2, 0) is 80.5 Å². The maximum atomic E-state index is 16.8. The molecule has 0 radical (unpaired) electrons. The van der Waals surface area contributed by atoms with Gasteiger partial charge in [0, 0.05) is 54.5 Å². The summed E-state index contributed by atoms with van der Waals surface area (Å²) in [7, 11) is -0.849. The first kappa shape index (κ1) is 97.3. The van der Waals surface area contributed by atoms with Crippen molar-refractivity contribution in [3.63, 3.8) is 0 Å². The fourth-order valence-corrected chi connectivity index (χ4v) is 19.8. The van der Waals surface area contributed by atoms with Crippen molar-refractivity contribution in [2.75, 3.05) is 45.4 Å². The second-order valence-electron chi connectivity index (χ2n) is 35.5. The van der Waals surface area contributed by atoms with E-state index in [4.69, 9.17) is 62.1 Å². The molecular formula is C89H109Cl2N13O27S. The summed E-state index contributed by atoms with van der Waals surface area (Å²) in [5, 5.41) is 137. The molecular weight excluding hydrogens is 1790 g/mol. The van der Waals surface area contributed by atoms with Gasteiger partial charge < -0.3 is 138 Å². The smallest absolute Gasteiger partial charge is 0.325 e. The fourth-order valence-electron chi connectivity index (χ4n) is 18.9. The molecule has 712 valence electrons. The number of nitrogens with one attached hydrogen (secondary N) is 12. The average Bonchev–Trinajstić information content (AvgIpc) is 0.746. The van der Waals surface area contributed by atoms with E-state index in [1.54, 1.807) is 0 Å². The fraction of sp³-hybridized carbons (Fsp3) is 0.494. The minimum Gasteiger partial charge on any atom is -0.507 e. The number of hydrogen-bond acceptors (Lipinski definition) is 30. The second kappa shape index (κ2) is 40.6. The number of halogens is 2.